The minimum Gasteiger partial charge on any atom is -0.368 e. The molecule has 0 saturated carbocycles. The van der Waals surface area contributed by atoms with Gasteiger partial charge >= 0.3 is 0 Å². The molecule has 2 fully saturated rings. The minimum atomic E-state index is 0.0177. The maximum atomic E-state index is 12.5. The zero-order valence-corrected chi connectivity index (χ0v) is 12.8. The molecule has 0 radical (unpaired) electrons. The van der Waals surface area contributed by atoms with Gasteiger partial charge in [0.15, 0.2) is 0 Å². The van der Waals surface area contributed by atoms with Gasteiger partial charge in [-0.3, -0.25) is 14.6 Å². The molecule has 0 aliphatic carbocycles. The van der Waals surface area contributed by atoms with Crippen LogP contribution in [0.3, 0.4) is 0 Å². The molecule has 2 atom stereocenters. The van der Waals surface area contributed by atoms with Crippen LogP contribution < -0.4 is 0 Å². The molecule has 6 nitrogen and oxygen atoms in total. The number of carbonyl (C=O) groups is 2. The molecule has 0 N–H and O–H groups in total. The van der Waals surface area contributed by atoms with Crippen molar-refractivity contribution in [3.63, 3.8) is 0 Å². The standard InChI is InChI=1S/C16H21N3O3/c1-18-9-13-10-19(7-4-14(13)22-11-16(18)21)15(20)8-12-2-5-17-6-3-12/h2-3,5-6,13-14H,4,7-11H2,1H3/t13-,14-/m0/s1. The summed E-state index contributed by atoms with van der Waals surface area (Å²) in [6, 6.07) is 3.73. The van der Waals surface area contributed by atoms with E-state index in [1.165, 1.54) is 0 Å². The summed E-state index contributed by atoms with van der Waals surface area (Å²) in [5, 5.41) is 0. The summed E-state index contributed by atoms with van der Waals surface area (Å²) in [5.74, 6) is 0.346. The fourth-order valence-electron chi connectivity index (χ4n) is 3.16. The summed E-state index contributed by atoms with van der Waals surface area (Å²) in [7, 11) is 1.80. The number of likely N-dealkylation sites (N-methyl/N-ethyl adjacent to an activating group) is 1. The van der Waals surface area contributed by atoms with Crippen LogP contribution in [0.1, 0.15) is 12.0 Å². The van der Waals surface area contributed by atoms with Gasteiger partial charge in [-0.25, -0.2) is 0 Å². The average Bonchev–Trinajstić information content (AvgIpc) is 2.67. The van der Waals surface area contributed by atoms with E-state index < -0.39 is 0 Å². The Morgan fingerprint density at radius 3 is 2.91 bits per heavy atom. The third-order valence-corrected chi connectivity index (χ3v) is 4.48. The van der Waals surface area contributed by atoms with Crippen LogP contribution in [0.5, 0.6) is 0 Å². The molecule has 3 rings (SSSR count). The molecule has 6 heteroatoms. The molecule has 1 aromatic rings. The molecular formula is C16H21N3O3. The van der Waals surface area contributed by atoms with Gasteiger partial charge in [0.05, 0.1) is 12.5 Å². The van der Waals surface area contributed by atoms with E-state index in [4.69, 9.17) is 4.74 Å². The molecule has 0 aromatic carbocycles. The molecular weight excluding hydrogens is 282 g/mol. The fraction of sp³-hybridized carbons (Fsp3) is 0.562. The van der Waals surface area contributed by atoms with Crippen LogP contribution in [-0.4, -0.2) is 66.0 Å². The van der Waals surface area contributed by atoms with Gasteiger partial charge in [0, 0.05) is 45.0 Å². The van der Waals surface area contributed by atoms with Gasteiger partial charge in [-0.2, -0.15) is 0 Å². The average molecular weight is 303 g/mol. The van der Waals surface area contributed by atoms with Gasteiger partial charge < -0.3 is 14.5 Å². The van der Waals surface area contributed by atoms with Gasteiger partial charge in [0.25, 0.3) is 0 Å². The summed E-state index contributed by atoms with van der Waals surface area (Å²) in [5.41, 5.74) is 0.978. The number of nitrogens with zero attached hydrogens (tertiary/aromatic N) is 3. The zero-order chi connectivity index (χ0) is 15.5. The Morgan fingerprint density at radius 1 is 1.36 bits per heavy atom. The first kappa shape index (κ1) is 15.0. The van der Waals surface area contributed by atoms with Crippen molar-refractivity contribution >= 4 is 11.8 Å². The summed E-state index contributed by atoms with van der Waals surface area (Å²) in [4.78, 5) is 31.8. The molecule has 1 aromatic heterocycles. The highest BCUT2D eigenvalue weighted by atomic mass is 16.5. The number of aromatic nitrogens is 1. The van der Waals surface area contributed by atoms with E-state index in [0.29, 0.717) is 26.1 Å². The lowest BCUT2D eigenvalue weighted by Crippen LogP contribution is -2.49. The van der Waals surface area contributed by atoms with Gasteiger partial charge in [-0.1, -0.05) is 0 Å². The lowest BCUT2D eigenvalue weighted by molar-refractivity contribution is -0.137. The molecule has 0 unspecified atom stereocenters. The predicted octanol–water partition coefficient (Wildman–Crippen LogP) is 0.330. The van der Waals surface area contributed by atoms with Gasteiger partial charge in [-0.05, 0) is 24.1 Å². The Bertz CT molecular complexity index is 549. The third-order valence-electron chi connectivity index (χ3n) is 4.48. The first-order valence-corrected chi connectivity index (χ1v) is 7.65. The van der Waals surface area contributed by atoms with Crippen LogP contribution in [-0.2, 0) is 20.7 Å². The van der Waals surface area contributed by atoms with Crippen LogP contribution in [0.25, 0.3) is 0 Å². The van der Waals surface area contributed by atoms with E-state index in [2.05, 4.69) is 4.98 Å². The SMILES string of the molecule is CN1C[C@H]2CN(C(=O)Cc3ccncc3)CC[C@@H]2OCC1=O. The van der Waals surface area contributed by atoms with Crippen molar-refractivity contribution in [1.29, 1.82) is 0 Å². The summed E-state index contributed by atoms with van der Waals surface area (Å²) < 4.78 is 5.70. The number of pyridine rings is 1. The van der Waals surface area contributed by atoms with Crippen LogP contribution >= 0.6 is 0 Å². The van der Waals surface area contributed by atoms with E-state index in [9.17, 15) is 9.59 Å². The molecule has 0 spiro atoms. The molecule has 22 heavy (non-hydrogen) atoms. The number of amides is 2. The van der Waals surface area contributed by atoms with Crippen molar-refractivity contribution in [3.05, 3.63) is 30.1 Å². The zero-order valence-electron chi connectivity index (χ0n) is 12.8. The van der Waals surface area contributed by atoms with E-state index in [-0.39, 0.29) is 30.4 Å². The normalized spacial score (nSPS) is 25.6. The number of likely N-dealkylation sites (tertiary alicyclic amines) is 1. The Kier molecular flexibility index (Phi) is 4.38. The van der Waals surface area contributed by atoms with Crippen molar-refractivity contribution in [3.8, 4) is 0 Å². The van der Waals surface area contributed by atoms with Gasteiger partial charge in [0.1, 0.15) is 6.61 Å². The maximum absolute atomic E-state index is 12.5. The molecule has 118 valence electrons. The number of hydrogen-bond donors (Lipinski definition) is 0. The van der Waals surface area contributed by atoms with E-state index in [0.717, 1.165) is 12.0 Å². The molecule has 2 amide bonds. The smallest absolute Gasteiger partial charge is 0.248 e. The lowest BCUT2D eigenvalue weighted by Gasteiger charge is -2.37. The van der Waals surface area contributed by atoms with Crippen molar-refractivity contribution in [2.75, 3.05) is 33.3 Å². The Balaban J connectivity index is 1.62. The quantitative estimate of drug-likeness (QED) is 0.790. The van der Waals surface area contributed by atoms with Crippen molar-refractivity contribution in [2.24, 2.45) is 5.92 Å². The van der Waals surface area contributed by atoms with Crippen LogP contribution in [0.15, 0.2) is 24.5 Å². The van der Waals surface area contributed by atoms with Crippen molar-refractivity contribution < 1.29 is 14.3 Å². The van der Waals surface area contributed by atoms with Crippen LogP contribution in [0.2, 0.25) is 0 Å². The molecule has 2 saturated heterocycles. The molecule has 0 bridgehead atoms. The topological polar surface area (TPSA) is 62.7 Å². The number of rotatable bonds is 2. The highest BCUT2D eigenvalue weighted by Gasteiger charge is 2.36. The Morgan fingerprint density at radius 2 is 2.14 bits per heavy atom. The second-order valence-corrected chi connectivity index (χ2v) is 6.04. The highest BCUT2D eigenvalue weighted by Crippen LogP contribution is 2.24. The molecule has 2 aliphatic rings. The van der Waals surface area contributed by atoms with Crippen molar-refractivity contribution in [2.45, 2.75) is 18.9 Å². The largest absolute Gasteiger partial charge is 0.368 e. The van der Waals surface area contributed by atoms with E-state index in [1.807, 2.05) is 17.0 Å². The van der Waals surface area contributed by atoms with Gasteiger partial charge in [-0.15, -0.1) is 0 Å². The van der Waals surface area contributed by atoms with Gasteiger partial charge in [0.2, 0.25) is 11.8 Å². The first-order valence-electron chi connectivity index (χ1n) is 7.65. The Hall–Kier alpha value is -1.95. The number of fused-ring (bicyclic) bond motifs is 1. The number of piperidine rings is 1. The van der Waals surface area contributed by atoms with E-state index in [1.54, 1.807) is 24.3 Å². The number of carbonyl (C=O) groups excluding carboxylic acids is 2. The third kappa shape index (κ3) is 3.27. The highest BCUT2D eigenvalue weighted by molar-refractivity contribution is 5.79. The number of ether oxygens (including phenoxy) is 1. The number of hydrogen-bond acceptors (Lipinski definition) is 4. The maximum Gasteiger partial charge on any atom is 0.248 e. The Labute approximate surface area is 130 Å². The first-order chi connectivity index (χ1) is 10.6. The lowest BCUT2D eigenvalue weighted by atomic mass is 9.93. The monoisotopic (exact) mass is 303 g/mol. The van der Waals surface area contributed by atoms with Crippen LogP contribution in [0, 0.1) is 5.92 Å². The second-order valence-electron chi connectivity index (χ2n) is 6.04. The summed E-state index contributed by atoms with van der Waals surface area (Å²) >= 11 is 0. The molecule has 3 heterocycles. The van der Waals surface area contributed by atoms with Crippen molar-refractivity contribution in [1.82, 2.24) is 14.8 Å². The fourth-order valence-corrected chi connectivity index (χ4v) is 3.16. The summed E-state index contributed by atoms with van der Waals surface area (Å²) in [6.45, 7) is 2.17. The predicted molar refractivity (Wildman–Crippen MR) is 80.0 cm³/mol. The second kappa shape index (κ2) is 6.44. The summed E-state index contributed by atoms with van der Waals surface area (Å²) in [6.07, 6.45) is 4.69. The van der Waals surface area contributed by atoms with E-state index >= 15 is 0 Å². The minimum absolute atomic E-state index is 0.0177. The van der Waals surface area contributed by atoms with Crippen LogP contribution in [0.4, 0.5) is 0 Å². The molecule has 2 aliphatic heterocycles.